The molecule has 0 radical (unpaired) electrons. The molecule has 4 unspecified atom stereocenters. The molecule has 390 valence electrons. The van der Waals surface area contributed by atoms with Crippen molar-refractivity contribution in [3.8, 4) is 0 Å². The quantitative estimate of drug-likeness (QED) is 0.0355. The molecule has 48 heteroatoms. The molecule has 4 rings (SSSR count). The second-order valence-electron chi connectivity index (χ2n) is 12.7. The fourth-order valence-corrected chi connectivity index (χ4v) is 12.1. The first-order chi connectivity index (χ1) is 30.5. The number of phosphoric acid groups is 8. The van der Waals surface area contributed by atoms with Gasteiger partial charge in [0.05, 0.1) is 31.5 Å². The van der Waals surface area contributed by atoms with Gasteiger partial charge in [0.25, 0.3) is 11.1 Å². The van der Waals surface area contributed by atoms with Crippen LogP contribution in [0.2, 0.25) is 0 Å². The summed E-state index contributed by atoms with van der Waals surface area (Å²) in [4.78, 5) is 155. The Hall–Kier alpha value is -2.33. The van der Waals surface area contributed by atoms with Crippen molar-refractivity contribution in [2.24, 2.45) is 5.11 Å². The van der Waals surface area contributed by atoms with Crippen LogP contribution in [0, 0.1) is 13.8 Å². The van der Waals surface area contributed by atoms with Gasteiger partial charge in [-0.3, -0.25) is 37.7 Å². The highest BCUT2D eigenvalue weighted by Crippen LogP contribution is 2.67. The van der Waals surface area contributed by atoms with Crippen LogP contribution in [0.5, 0.6) is 0 Å². The van der Waals surface area contributed by atoms with E-state index in [1.54, 1.807) is 0 Å². The SMILES string of the molecule is Cc1cn([C@H]2CC[C@@H](COP(=O)(O)OP(=O)(O)OP(=O)(O)O)O2)c(=O)[nH]c1=O.Cc1cn([C@H]2C[C@H](N=[N+]=[N-])[C@@H](COP(=O)(O)OP(=O)(O)OP(=O)(O)O)O2)c(=O)[nH]c1=O.O=P(O)(O)OP(=O)(O)O. The third-order valence-corrected chi connectivity index (χ3v) is 16.6. The van der Waals surface area contributed by atoms with Crippen LogP contribution in [0.1, 0.15) is 42.8 Å². The monoisotopic (exact) mass is 1150 g/mol. The number of ether oxygens (including phenoxy) is 2. The molecule has 0 saturated carbocycles. The zero-order chi connectivity index (χ0) is 52.6. The van der Waals surface area contributed by atoms with E-state index in [-0.39, 0.29) is 30.4 Å². The topological polar surface area (TPSA) is 621 Å². The molecule has 2 fully saturated rings. The molecular weight excluding hydrogens is 1110 g/mol. The normalized spacial score (nSPS) is 23.5. The van der Waals surface area contributed by atoms with Gasteiger partial charge in [-0.1, -0.05) is 5.11 Å². The highest BCUT2D eigenvalue weighted by molar-refractivity contribution is 7.67. The van der Waals surface area contributed by atoms with Crippen LogP contribution in [0.4, 0.5) is 0 Å². The lowest BCUT2D eigenvalue weighted by atomic mass is 10.1. The fraction of sp³-hybridized carbons (Fsp3) is 0.600. The Balaban J connectivity index is 0.000000397. The lowest BCUT2D eigenvalue weighted by Crippen LogP contribution is -2.33. The number of nitrogens with zero attached hydrogens (tertiary/aromatic N) is 5. The minimum Gasteiger partial charge on any atom is -0.352 e. The van der Waals surface area contributed by atoms with Gasteiger partial charge in [-0.05, 0) is 32.2 Å². The Morgan fingerprint density at radius 3 is 1.38 bits per heavy atom. The number of H-pyrrole nitrogens is 2. The summed E-state index contributed by atoms with van der Waals surface area (Å²) in [5.74, 6) is 0. The first kappa shape index (κ1) is 61.8. The molecule has 68 heavy (non-hydrogen) atoms. The summed E-state index contributed by atoms with van der Waals surface area (Å²) >= 11 is 0. The number of hydrogen-bond acceptors (Lipinski definition) is 22. The van der Waals surface area contributed by atoms with E-state index in [2.05, 4.69) is 45.6 Å². The number of azide groups is 1. The van der Waals surface area contributed by atoms with E-state index in [1.165, 1.54) is 26.2 Å². The third kappa shape index (κ3) is 23.3. The summed E-state index contributed by atoms with van der Waals surface area (Å²) in [6.45, 7) is 1.41. The van der Waals surface area contributed by atoms with Crippen molar-refractivity contribution in [3.05, 3.63) is 75.6 Å². The van der Waals surface area contributed by atoms with Crippen LogP contribution >= 0.6 is 62.6 Å². The number of hydrogen-bond donors (Lipinski definition) is 14. The molecule has 0 spiro atoms. The molecule has 2 aromatic rings. The first-order valence-corrected chi connectivity index (χ1v) is 29.0. The van der Waals surface area contributed by atoms with Crippen LogP contribution < -0.4 is 22.5 Å². The number of aromatic amines is 2. The molecule has 14 N–H and O–H groups in total. The second kappa shape index (κ2) is 23.9. The van der Waals surface area contributed by atoms with Crippen LogP contribution in [0.15, 0.2) is 36.7 Å². The molecule has 0 aromatic carbocycles. The van der Waals surface area contributed by atoms with Gasteiger partial charge in [-0.15, -0.1) is 0 Å². The van der Waals surface area contributed by atoms with Gasteiger partial charge >= 0.3 is 74.0 Å². The Kier molecular flexibility index (Phi) is 21.7. The Morgan fingerprint density at radius 2 is 1.00 bits per heavy atom. The van der Waals surface area contributed by atoms with Crippen LogP contribution in [0.3, 0.4) is 0 Å². The fourth-order valence-electron chi connectivity index (χ4n) is 4.93. The zero-order valence-electron chi connectivity index (χ0n) is 33.3. The molecule has 2 aliphatic heterocycles. The van der Waals surface area contributed by atoms with Crippen molar-refractivity contribution in [1.29, 1.82) is 0 Å². The predicted octanol–water partition coefficient (Wildman–Crippen LogP) is -0.791. The van der Waals surface area contributed by atoms with Crippen molar-refractivity contribution >= 4 is 62.6 Å². The highest BCUT2D eigenvalue weighted by Gasteiger charge is 2.44. The van der Waals surface area contributed by atoms with E-state index < -0.39 is 129 Å². The van der Waals surface area contributed by atoms with Crippen molar-refractivity contribution in [2.45, 2.75) is 63.8 Å². The standard InChI is InChI=1S/C10H16N5O13P3.C10H17N2O13P3.H4O7P2/c1-5-3-15(10(17)12-9(5)16)8-2-6(13-14-11)7(26-8)4-25-30(21,22)28-31(23,24)27-29(18,19)20;1-6-4-12(10(14)11-9(6)13)8-3-2-7(23-8)5-22-27(18,19)25-28(20,21)24-26(15,16)17;1-8(2,3)7-9(4,5)6/h3,6-8H,2,4H2,1H3,(H,21,22)(H,23,24)(H,12,16,17)(H2,18,19,20);4,7-8H,2-3,5H2,1H3,(H,18,19)(H,20,21)(H,11,13,14)(H2,15,16,17);(H2,1,2,3)(H2,4,5,6)/t6-,7+,8+;7-,8+;/m00./s1. The number of phosphoric ester groups is 2. The van der Waals surface area contributed by atoms with Crippen molar-refractivity contribution < 1.29 is 135 Å². The molecule has 2 aromatic heterocycles. The maximum Gasteiger partial charge on any atom is 0.490 e. The Bertz CT molecular complexity index is 2790. The van der Waals surface area contributed by atoms with Crippen LogP contribution in [-0.2, 0) is 76.6 Å². The first-order valence-electron chi connectivity index (χ1n) is 16.9. The van der Waals surface area contributed by atoms with E-state index in [0.29, 0.717) is 0 Å². The third-order valence-electron chi connectivity index (χ3n) is 7.27. The second-order valence-corrected chi connectivity index (χ2v) is 24.2. The molecule has 9 atom stereocenters. The number of aryl methyl sites for hydroxylation is 2. The summed E-state index contributed by atoms with van der Waals surface area (Å²) in [7, 11) is -43.1. The van der Waals surface area contributed by atoms with Gasteiger partial charge in [-0.25, -0.2) is 46.1 Å². The molecule has 2 aliphatic rings. The summed E-state index contributed by atoms with van der Waals surface area (Å²) in [6.07, 6.45) is -1.05. The minimum atomic E-state index is -5.70. The van der Waals surface area contributed by atoms with Gasteiger partial charge in [0.1, 0.15) is 12.5 Å². The van der Waals surface area contributed by atoms with Gasteiger partial charge in [0.15, 0.2) is 0 Å². The molecule has 0 amide bonds. The van der Waals surface area contributed by atoms with Crippen molar-refractivity contribution in [1.82, 2.24) is 19.1 Å². The zero-order valence-corrected chi connectivity index (χ0v) is 40.5. The highest BCUT2D eigenvalue weighted by atomic mass is 31.3. The molecule has 4 heterocycles. The molecule has 0 aliphatic carbocycles. The average molecular weight is 1150 g/mol. The largest absolute Gasteiger partial charge is 0.490 e. The van der Waals surface area contributed by atoms with Gasteiger partial charge < -0.3 is 68.2 Å². The van der Waals surface area contributed by atoms with Gasteiger partial charge in [-0.2, -0.15) is 21.6 Å². The molecule has 40 nitrogen and oxygen atoms in total. The predicted molar refractivity (Wildman–Crippen MR) is 212 cm³/mol. The number of aromatic nitrogens is 4. The summed E-state index contributed by atoms with van der Waals surface area (Å²) < 4.78 is 126. The summed E-state index contributed by atoms with van der Waals surface area (Å²) in [5, 5.41) is 3.42. The lowest BCUT2D eigenvalue weighted by molar-refractivity contribution is -0.0267. The summed E-state index contributed by atoms with van der Waals surface area (Å²) in [6, 6.07) is -1.04. The van der Waals surface area contributed by atoms with E-state index in [9.17, 15) is 65.5 Å². The van der Waals surface area contributed by atoms with Crippen molar-refractivity contribution in [3.63, 3.8) is 0 Å². The van der Waals surface area contributed by atoms with E-state index in [1.807, 2.05) is 4.98 Å². The summed E-state index contributed by atoms with van der Waals surface area (Å²) in [5.41, 5.74) is 6.38. The molecular formula is C20H37N7O33P8. The van der Waals surface area contributed by atoms with Gasteiger partial charge in [0.2, 0.25) is 0 Å². The average Bonchev–Trinajstić information content (AvgIpc) is 3.73. The lowest BCUT2D eigenvalue weighted by Gasteiger charge is -2.19. The molecule has 2 saturated heterocycles. The maximum atomic E-state index is 12.0. The van der Waals surface area contributed by atoms with Crippen LogP contribution in [0.25, 0.3) is 10.4 Å². The number of rotatable bonds is 19. The minimum absolute atomic E-state index is 0.111. The number of nitrogens with one attached hydrogen (secondary N) is 2. The smallest absolute Gasteiger partial charge is 0.352 e. The van der Waals surface area contributed by atoms with E-state index >= 15 is 0 Å². The Morgan fingerprint density at radius 1 is 0.603 bits per heavy atom. The van der Waals surface area contributed by atoms with E-state index in [4.69, 9.17) is 63.9 Å². The Labute approximate surface area is 374 Å². The van der Waals surface area contributed by atoms with Gasteiger partial charge in [0, 0.05) is 34.9 Å². The van der Waals surface area contributed by atoms with Crippen LogP contribution in [-0.4, -0.2) is 109 Å². The molecule has 0 bridgehead atoms. The maximum absolute atomic E-state index is 12.0. The van der Waals surface area contributed by atoms with Crippen molar-refractivity contribution in [2.75, 3.05) is 13.2 Å². The van der Waals surface area contributed by atoms with E-state index in [0.717, 1.165) is 9.13 Å².